The van der Waals surface area contributed by atoms with Gasteiger partial charge in [0.1, 0.15) is 0 Å². The molecular formula is C15H19F2NO2. The molecule has 1 aromatic rings. The largest absolute Gasteiger partial charge is 0.478 e. The Hall–Kier alpha value is -1.65. The van der Waals surface area contributed by atoms with E-state index >= 15 is 0 Å². The average Bonchev–Trinajstić information content (AvgIpc) is 2.66. The first kappa shape index (κ1) is 14.8. The summed E-state index contributed by atoms with van der Waals surface area (Å²) in [6, 6.07) is 2.51. The quantitative estimate of drug-likeness (QED) is 0.920. The fourth-order valence-electron chi connectivity index (χ4n) is 2.76. The number of carboxylic acids is 1. The molecule has 1 heterocycles. The van der Waals surface area contributed by atoms with Crippen molar-refractivity contribution in [3.8, 4) is 0 Å². The number of hydrogen-bond acceptors (Lipinski definition) is 2. The van der Waals surface area contributed by atoms with Gasteiger partial charge in [0, 0.05) is 13.1 Å². The molecule has 1 atom stereocenters. The minimum Gasteiger partial charge on any atom is -0.478 e. The van der Waals surface area contributed by atoms with Gasteiger partial charge in [-0.25, -0.2) is 13.6 Å². The number of aromatic carboxylic acids is 1. The van der Waals surface area contributed by atoms with Crippen molar-refractivity contribution >= 4 is 11.7 Å². The minimum absolute atomic E-state index is 0.171. The van der Waals surface area contributed by atoms with Crippen molar-refractivity contribution in [3.05, 3.63) is 29.3 Å². The van der Waals surface area contributed by atoms with E-state index in [-0.39, 0.29) is 5.69 Å². The van der Waals surface area contributed by atoms with Crippen molar-refractivity contribution in [1.29, 1.82) is 0 Å². The van der Waals surface area contributed by atoms with Gasteiger partial charge in [0.2, 0.25) is 0 Å². The zero-order valence-corrected chi connectivity index (χ0v) is 11.5. The van der Waals surface area contributed by atoms with Crippen LogP contribution in [0.4, 0.5) is 14.5 Å². The Morgan fingerprint density at radius 3 is 2.70 bits per heavy atom. The molecule has 0 radical (unpaired) electrons. The molecule has 0 saturated carbocycles. The number of halogens is 2. The Balaban J connectivity index is 2.25. The molecule has 0 bridgehead atoms. The molecule has 0 aromatic heterocycles. The summed E-state index contributed by atoms with van der Waals surface area (Å²) in [5.41, 5.74) is -0.447. The summed E-state index contributed by atoms with van der Waals surface area (Å²) in [5.74, 6) is -3.15. The summed E-state index contributed by atoms with van der Waals surface area (Å²) < 4.78 is 27.8. The van der Waals surface area contributed by atoms with Crippen LogP contribution in [-0.2, 0) is 0 Å². The van der Waals surface area contributed by atoms with Gasteiger partial charge in [-0.05, 0) is 37.3 Å². The van der Waals surface area contributed by atoms with Gasteiger partial charge in [0.25, 0.3) is 0 Å². The van der Waals surface area contributed by atoms with E-state index in [9.17, 15) is 13.6 Å². The Kier molecular flexibility index (Phi) is 4.57. The molecule has 0 spiro atoms. The predicted octanol–water partition coefficient (Wildman–Crippen LogP) is 3.68. The number of carbonyl (C=O) groups is 1. The summed E-state index contributed by atoms with van der Waals surface area (Å²) in [6.07, 6.45) is 4.10. The summed E-state index contributed by atoms with van der Waals surface area (Å²) >= 11 is 0. The van der Waals surface area contributed by atoms with Crippen molar-refractivity contribution in [2.75, 3.05) is 18.0 Å². The van der Waals surface area contributed by atoms with Gasteiger partial charge >= 0.3 is 5.97 Å². The lowest BCUT2D eigenvalue weighted by Crippen LogP contribution is -2.26. The van der Waals surface area contributed by atoms with Crippen LogP contribution in [0.15, 0.2) is 12.1 Å². The number of rotatable bonds is 3. The van der Waals surface area contributed by atoms with Gasteiger partial charge in [-0.1, -0.05) is 13.3 Å². The minimum atomic E-state index is -1.45. The van der Waals surface area contributed by atoms with E-state index in [0.29, 0.717) is 19.0 Å². The topological polar surface area (TPSA) is 40.5 Å². The molecule has 1 fully saturated rings. The van der Waals surface area contributed by atoms with Crippen LogP contribution in [0.2, 0.25) is 0 Å². The molecule has 5 heteroatoms. The highest BCUT2D eigenvalue weighted by Crippen LogP contribution is 2.28. The third kappa shape index (κ3) is 2.92. The van der Waals surface area contributed by atoms with Gasteiger partial charge < -0.3 is 10.0 Å². The van der Waals surface area contributed by atoms with Gasteiger partial charge in [-0.3, -0.25) is 0 Å². The van der Waals surface area contributed by atoms with Crippen LogP contribution in [0.25, 0.3) is 0 Å². The van der Waals surface area contributed by atoms with Crippen LogP contribution in [0.3, 0.4) is 0 Å². The molecule has 1 aliphatic heterocycles. The van der Waals surface area contributed by atoms with Crippen LogP contribution in [-0.4, -0.2) is 24.2 Å². The normalized spacial score (nSPS) is 19.8. The maximum atomic E-state index is 14.0. The Bertz CT molecular complexity index is 505. The molecule has 0 aliphatic carbocycles. The number of nitrogens with zero attached hydrogens (tertiary/aromatic N) is 1. The third-order valence-electron chi connectivity index (χ3n) is 4.06. The third-order valence-corrected chi connectivity index (χ3v) is 4.06. The summed E-state index contributed by atoms with van der Waals surface area (Å²) in [6.45, 7) is 3.50. The Labute approximate surface area is 117 Å². The fraction of sp³-hybridized carbons (Fsp3) is 0.533. The standard InChI is InChI=1S/C15H19F2NO2/c1-2-10-4-3-8-18(9-7-10)12-6-5-11(15(19)20)13(16)14(12)17/h5-6,10H,2-4,7-9H2,1H3,(H,19,20). The molecule has 20 heavy (non-hydrogen) atoms. The first-order chi connectivity index (χ1) is 9.54. The number of carboxylic acid groups (broad SMARTS) is 1. The SMILES string of the molecule is CCC1CCCN(c2ccc(C(=O)O)c(F)c2F)CC1. The van der Waals surface area contributed by atoms with Gasteiger partial charge in [0.05, 0.1) is 11.3 Å². The fourth-order valence-corrected chi connectivity index (χ4v) is 2.76. The second-order valence-corrected chi connectivity index (χ2v) is 5.26. The van der Waals surface area contributed by atoms with Gasteiger partial charge in [0.15, 0.2) is 11.6 Å². The van der Waals surface area contributed by atoms with Crippen molar-refractivity contribution in [2.45, 2.75) is 32.6 Å². The monoisotopic (exact) mass is 283 g/mol. The molecule has 1 unspecified atom stereocenters. The first-order valence-electron chi connectivity index (χ1n) is 7.00. The van der Waals surface area contributed by atoms with E-state index in [1.165, 1.54) is 6.07 Å². The molecule has 1 N–H and O–H groups in total. The number of anilines is 1. The van der Waals surface area contributed by atoms with Gasteiger partial charge in [-0.2, -0.15) is 0 Å². The van der Waals surface area contributed by atoms with Crippen molar-refractivity contribution in [3.63, 3.8) is 0 Å². The van der Waals surface area contributed by atoms with E-state index in [2.05, 4.69) is 6.92 Å². The molecule has 1 aromatic carbocycles. The highest BCUT2D eigenvalue weighted by Gasteiger charge is 2.23. The molecular weight excluding hydrogens is 264 g/mol. The number of hydrogen-bond donors (Lipinski definition) is 1. The molecule has 0 amide bonds. The maximum absolute atomic E-state index is 14.0. The second kappa shape index (κ2) is 6.20. The second-order valence-electron chi connectivity index (χ2n) is 5.26. The molecule has 1 saturated heterocycles. The predicted molar refractivity (Wildman–Crippen MR) is 73.2 cm³/mol. The highest BCUT2D eigenvalue weighted by molar-refractivity contribution is 5.88. The first-order valence-corrected chi connectivity index (χ1v) is 7.00. The van der Waals surface area contributed by atoms with E-state index < -0.39 is 23.2 Å². The molecule has 1 aliphatic rings. The van der Waals surface area contributed by atoms with Crippen LogP contribution in [0.1, 0.15) is 43.0 Å². The lowest BCUT2D eigenvalue weighted by molar-refractivity contribution is 0.0690. The lowest BCUT2D eigenvalue weighted by Gasteiger charge is -2.23. The van der Waals surface area contributed by atoms with Crippen LogP contribution in [0.5, 0.6) is 0 Å². The molecule has 3 nitrogen and oxygen atoms in total. The van der Waals surface area contributed by atoms with E-state index in [0.717, 1.165) is 31.7 Å². The molecule has 110 valence electrons. The zero-order chi connectivity index (χ0) is 14.7. The zero-order valence-electron chi connectivity index (χ0n) is 11.5. The lowest BCUT2D eigenvalue weighted by atomic mass is 9.98. The van der Waals surface area contributed by atoms with E-state index in [4.69, 9.17) is 5.11 Å². The smallest absolute Gasteiger partial charge is 0.338 e. The summed E-state index contributed by atoms with van der Waals surface area (Å²) in [5, 5.41) is 8.78. The van der Waals surface area contributed by atoms with E-state index in [1.54, 1.807) is 0 Å². The van der Waals surface area contributed by atoms with Gasteiger partial charge in [-0.15, -0.1) is 0 Å². The highest BCUT2D eigenvalue weighted by atomic mass is 19.2. The summed E-state index contributed by atoms with van der Waals surface area (Å²) in [4.78, 5) is 12.6. The number of benzene rings is 1. The van der Waals surface area contributed by atoms with Crippen LogP contribution < -0.4 is 4.90 Å². The van der Waals surface area contributed by atoms with Crippen molar-refractivity contribution < 1.29 is 18.7 Å². The Morgan fingerprint density at radius 2 is 2.05 bits per heavy atom. The van der Waals surface area contributed by atoms with Crippen molar-refractivity contribution in [2.24, 2.45) is 5.92 Å². The summed E-state index contributed by atoms with van der Waals surface area (Å²) in [7, 11) is 0. The Morgan fingerprint density at radius 1 is 1.30 bits per heavy atom. The van der Waals surface area contributed by atoms with Crippen LogP contribution >= 0.6 is 0 Å². The van der Waals surface area contributed by atoms with Crippen LogP contribution in [0, 0.1) is 17.6 Å². The van der Waals surface area contributed by atoms with E-state index in [1.807, 2.05) is 4.90 Å². The average molecular weight is 283 g/mol. The molecule has 2 rings (SSSR count). The maximum Gasteiger partial charge on any atom is 0.338 e. The van der Waals surface area contributed by atoms with Crippen molar-refractivity contribution in [1.82, 2.24) is 0 Å².